The first-order chi connectivity index (χ1) is 13.8. The van der Waals surface area contributed by atoms with Gasteiger partial charge in [-0.15, -0.1) is 0 Å². The highest BCUT2D eigenvalue weighted by Crippen LogP contribution is 2.18. The Morgan fingerprint density at radius 2 is 2.18 bits per heavy atom. The van der Waals surface area contributed by atoms with Gasteiger partial charge in [-0.05, 0) is 19.4 Å². The lowest BCUT2D eigenvalue weighted by Crippen LogP contribution is -2.46. The van der Waals surface area contributed by atoms with Gasteiger partial charge < -0.3 is 15.0 Å². The first-order valence-electron chi connectivity index (χ1n) is 10.1. The predicted molar refractivity (Wildman–Crippen MR) is 109 cm³/mol. The largest absolute Gasteiger partial charge is 0.379 e. The van der Waals surface area contributed by atoms with Crippen LogP contribution >= 0.6 is 0 Å². The van der Waals surface area contributed by atoms with Crippen molar-refractivity contribution in [1.82, 2.24) is 29.7 Å². The van der Waals surface area contributed by atoms with Crippen molar-refractivity contribution in [3.63, 3.8) is 0 Å². The highest BCUT2D eigenvalue weighted by Gasteiger charge is 2.30. The number of imidazole rings is 1. The lowest BCUT2D eigenvalue weighted by atomic mass is 10.2. The van der Waals surface area contributed by atoms with Crippen molar-refractivity contribution in [2.45, 2.75) is 25.9 Å². The van der Waals surface area contributed by atoms with Gasteiger partial charge in [0, 0.05) is 62.9 Å². The third-order valence-electron chi connectivity index (χ3n) is 5.38. The van der Waals surface area contributed by atoms with Gasteiger partial charge in [0.05, 0.1) is 19.8 Å². The Labute approximate surface area is 166 Å². The van der Waals surface area contributed by atoms with Crippen LogP contribution in [0.3, 0.4) is 0 Å². The third-order valence-corrected chi connectivity index (χ3v) is 5.38. The lowest BCUT2D eigenvalue weighted by molar-refractivity contribution is 0.0195. The number of likely N-dealkylation sites (tertiary alicyclic amines) is 1. The molecule has 0 aliphatic carbocycles. The van der Waals surface area contributed by atoms with E-state index in [0.717, 1.165) is 63.3 Å². The highest BCUT2D eigenvalue weighted by molar-refractivity contribution is 5.80. The average Bonchev–Trinajstić information content (AvgIpc) is 3.44. The number of hydrogen-bond donors (Lipinski definition) is 1. The summed E-state index contributed by atoms with van der Waals surface area (Å²) in [5.41, 5.74) is 1.08. The van der Waals surface area contributed by atoms with Crippen molar-refractivity contribution in [2.75, 3.05) is 45.9 Å². The molecule has 2 aliphatic rings. The number of aliphatic imine (C=N–C) groups is 1. The highest BCUT2D eigenvalue weighted by atomic mass is 16.5. The Hall–Kier alpha value is -2.45. The van der Waals surface area contributed by atoms with Gasteiger partial charge in [0.15, 0.2) is 5.96 Å². The lowest BCUT2D eigenvalue weighted by Gasteiger charge is -2.32. The van der Waals surface area contributed by atoms with E-state index >= 15 is 0 Å². The summed E-state index contributed by atoms with van der Waals surface area (Å²) in [6.45, 7) is 9.40. The molecule has 8 heteroatoms. The second-order valence-corrected chi connectivity index (χ2v) is 7.16. The number of aromatic nitrogens is 3. The van der Waals surface area contributed by atoms with Crippen LogP contribution in [0.4, 0.5) is 0 Å². The van der Waals surface area contributed by atoms with Gasteiger partial charge >= 0.3 is 0 Å². The molecule has 0 spiro atoms. The Morgan fingerprint density at radius 1 is 1.29 bits per heavy atom. The van der Waals surface area contributed by atoms with Gasteiger partial charge in [0.25, 0.3) is 0 Å². The van der Waals surface area contributed by atoms with E-state index in [1.165, 1.54) is 6.42 Å². The van der Waals surface area contributed by atoms with Crippen LogP contribution in [0.5, 0.6) is 0 Å². The molecule has 4 heterocycles. The van der Waals surface area contributed by atoms with Crippen molar-refractivity contribution in [3.8, 4) is 5.82 Å². The Morgan fingerprint density at radius 3 is 2.96 bits per heavy atom. The maximum atomic E-state index is 5.50. The molecule has 1 unspecified atom stereocenters. The Bertz CT molecular complexity index is 771. The van der Waals surface area contributed by atoms with Gasteiger partial charge in [-0.1, -0.05) is 6.07 Å². The fraction of sp³-hybridized carbons (Fsp3) is 0.550. The summed E-state index contributed by atoms with van der Waals surface area (Å²) in [6.07, 6.45) is 8.43. The van der Waals surface area contributed by atoms with Crippen molar-refractivity contribution in [1.29, 1.82) is 0 Å². The van der Waals surface area contributed by atoms with Crippen LogP contribution in [0.1, 0.15) is 18.9 Å². The summed E-state index contributed by atoms with van der Waals surface area (Å²) in [5, 5.41) is 3.47. The SMILES string of the molecule is CCNC(=NCc1cccnc1-n1ccnc1)N1CCC(N2CCOCC2)C1. The molecule has 1 atom stereocenters. The minimum Gasteiger partial charge on any atom is -0.379 e. The quantitative estimate of drug-likeness (QED) is 0.617. The van der Waals surface area contributed by atoms with Crippen LogP contribution in [0, 0.1) is 0 Å². The number of ether oxygens (including phenoxy) is 1. The molecule has 150 valence electrons. The second-order valence-electron chi connectivity index (χ2n) is 7.16. The summed E-state index contributed by atoms with van der Waals surface area (Å²) in [5.74, 6) is 1.87. The van der Waals surface area contributed by atoms with Crippen LogP contribution in [0.25, 0.3) is 5.82 Å². The molecular weight excluding hydrogens is 354 g/mol. The van der Waals surface area contributed by atoms with E-state index in [1.54, 1.807) is 18.7 Å². The van der Waals surface area contributed by atoms with Gasteiger partial charge in [-0.2, -0.15) is 0 Å². The molecule has 8 nitrogen and oxygen atoms in total. The molecule has 2 saturated heterocycles. The van der Waals surface area contributed by atoms with Gasteiger partial charge in [0.1, 0.15) is 12.1 Å². The monoisotopic (exact) mass is 383 g/mol. The van der Waals surface area contributed by atoms with Crippen LogP contribution in [-0.2, 0) is 11.3 Å². The van der Waals surface area contributed by atoms with E-state index in [0.29, 0.717) is 12.6 Å². The van der Waals surface area contributed by atoms with Crippen LogP contribution in [-0.4, -0.2) is 82.3 Å². The zero-order valence-corrected chi connectivity index (χ0v) is 16.5. The number of pyridine rings is 1. The maximum absolute atomic E-state index is 5.50. The summed E-state index contributed by atoms with van der Waals surface area (Å²) in [7, 11) is 0. The topological polar surface area (TPSA) is 70.8 Å². The van der Waals surface area contributed by atoms with Crippen LogP contribution < -0.4 is 5.32 Å². The van der Waals surface area contributed by atoms with Crippen LogP contribution in [0.2, 0.25) is 0 Å². The van der Waals surface area contributed by atoms with E-state index in [4.69, 9.17) is 9.73 Å². The molecule has 4 rings (SSSR count). The first-order valence-corrected chi connectivity index (χ1v) is 10.1. The summed E-state index contributed by atoms with van der Waals surface area (Å²) in [4.78, 5) is 18.5. The zero-order valence-electron chi connectivity index (χ0n) is 16.5. The minimum atomic E-state index is 0.586. The van der Waals surface area contributed by atoms with Gasteiger partial charge in [-0.3, -0.25) is 9.47 Å². The number of rotatable bonds is 5. The number of hydrogen-bond acceptors (Lipinski definition) is 5. The first kappa shape index (κ1) is 18.9. The van der Waals surface area contributed by atoms with Crippen molar-refractivity contribution in [3.05, 3.63) is 42.6 Å². The smallest absolute Gasteiger partial charge is 0.194 e. The Kier molecular flexibility index (Phi) is 6.18. The minimum absolute atomic E-state index is 0.586. The fourth-order valence-corrected chi connectivity index (χ4v) is 3.93. The van der Waals surface area contributed by atoms with E-state index in [1.807, 2.05) is 16.8 Å². The molecular formula is C20H29N7O. The van der Waals surface area contributed by atoms with Gasteiger partial charge in [-0.25, -0.2) is 15.0 Å². The molecule has 2 aromatic rings. The number of nitrogens with zero attached hydrogens (tertiary/aromatic N) is 6. The van der Waals surface area contributed by atoms with E-state index in [2.05, 4.69) is 38.1 Å². The fourth-order valence-electron chi connectivity index (χ4n) is 3.93. The van der Waals surface area contributed by atoms with E-state index < -0.39 is 0 Å². The molecule has 0 aromatic carbocycles. The number of nitrogens with one attached hydrogen (secondary N) is 1. The van der Waals surface area contributed by atoms with E-state index in [9.17, 15) is 0 Å². The Balaban J connectivity index is 1.46. The van der Waals surface area contributed by atoms with Crippen LogP contribution in [0.15, 0.2) is 42.0 Å². The second kappa shape index (κ2) is 9.16. The molecule has 0 bridgehead atoms. The summed E-state index contributed by atoms with van der Waals surface area (Å²) in [6, 6.07) is 4.63. The standard InChI is InChI=1S/C20H29N7O/c1-2-22-20(26-8-5-18(15-26)25-10-12-28-13-11-25)24-14-17-4-3-6-23-19(17)27-9-7-21-16-27/h3-4,6-7,9,16,18H,2,5,8,10-15H2,1H3,(H,22,24). The zero-order chi connectivity index (χ0) is 19.2. The molecule has 0 radical (unpaired) electrons. The summed E-state index contributed by atoms with van der Waals surface area (Å²) >= 11 is 0. The maximum Gasteiger partial charge on any atom is 0.194 e. The number of guanidine groups is 1. The molecule has 2 aliphatic heterocycles. The molecule has 0 amide bonds. The summed E-state index contributed by atoms with van der Waals surface area (Å²) < 4.78 is 7.43. The molecule has 2 fully saturated rings. The van der Waals surface area contributed by atoms with Crippen molar-refractivity contribution >= 4 is 5.96 Å². The van der Waals surface area contributed by atoms with Gasteiger partial charge in [0.2, 0.25) is 0 Å². The third kappa shape index (κ3) is 4.34. The number of morpholine rings is 1. The predicted octanol–water partition coefficient (Wildman–Crippen LogP) is 1.14. The molecule has 0 saturated carbocycles. The normalized spacial score (nSPS) is 21.2. The molecule has 1 N–H and O–H groups in total. The molecule has 2 aromatic heterocycles. The molecule has 28 heavy (non-hydrogen) atoms. The van der Waals surface area contributed by atoms with Crippen molar-refractivity contribution < 1.29 is 4.74 Å². The van der Waals surface area contributed by atoms with E-state index in [-0.39, 0.29) is 0 Å². The average molecular weight is 384 g/mol. The van der Waals surface area contributed by atoms with Crippen molar-refractivity contribution in [2.24, 2.45) is 4.99 Å².